The van der Waals surface area contributed by atoms with Gasteiger partial charge in [-0.15, -0.1) is 0 Å². The minimum Gasteiger partial charge on any atom is -0.340 e. The molecule has 0 aromatic heterocycles. The zero-order valence-corrected chi connectivity index (χ0v) is 17.1. The van der Waals surface area contributed by atoms with E-state index in [0.29, 0.717) is 25.4 Å². The molecule has 6 heteroatoms. The van der Waals surface area contributed by atoms with Crippen molar-refractivity contribution in [2.45, 2.75) is 52.1 Å². The zero-order valence-electron chi connectivity index (χ0n) is 17.1. The average molecular weight is 390 g/mol. The van der Waals surface area contributed by atoms with E-state index < -0.39 is 0 Å². The van der Waals surface area contributed by atoms with Crippen LogP contribution in [-0.2, 0) is 16.1 Å². The first-order chi connectivity index (χ1) is 13.4. The van der Waals surface area contributed by atoms with E-state index in [4.69, 9.17) is 0 Å². The molecule has 5 nitrogen and oxygen atoms in total. The summed E-state index contributed by atoms with van der Waals surface area (Å²) in [6, 6.07) is 6.92. The van der Waals surface area contributed by atoms with Gasteiger partial charge in [0.05, 0.1) is 6.54 Å². The van der Waals surface area contributed by atoms with E-state index in [1.807, 2.05) is 17.0 Å². The molecule has 0 aliphatic carbocycles. The highest BCUT2D eigenvalue weighted by Gasteiger charge is 2.31. The maximum Gasteiger partial charge on any atom is 0.242 e. The quantitative estimate of drug-likeness (QED) is 0.778. The molecule has 0 unspecified atom stereocenters. The number of halogens is 1. The molecule has 1 atom stereocenters. The minimum absolute atomic E-state index is 0.0598. The first-order valence-corrected chi connectivity index (χ1v) is 10.5. The maximum atomic E-state index is 13.2. The summed E-state index contributed by atoms with van der Waals surface area (Å²) in [5.74, 6) is 0.340. The maximum absolute atomic E-state index is 13.2. The second-order valence-corrected chi connectivity index (χ2v) is 8.37. The summed E-state index contributed by atoms with van der Waals surface area (Å²) >= 11 is 0. The van der Waals surface area contributed by atoms with E-state index in [0.717, 1.165) is 44.5 Å². The zero-order chi connectivity index (χ0) is 20.1. The fraction of sp³-hybridized carbons (Fsp3) is 0.636. The predicted octanol–water partition coefficient (Wildman–Crippen LogP) is 2.90. The molecule has 2 saturated heterocycles. The molecule has 2 amide bonds. The van der Waals surface area contributed by atoms with Gasteiger partial charge in [-0.1, -0.05) is 26.0 Å². The van der Waals surface area contributed by atoms with Crippen LogP contribution in [0.1, 0.15) is 45.1 Å². The molecule has 1 aromatic carbocycles. The van der Waals surface area contributed by atoms with Gasteiger partial charge >= 0.3 is 0 Å². The minimum atomic E-state index is -0.218. The van der Waals surface area contributed by atoms with Gasteiger partial charge in [-0.05, 0) is 42.9 Å². The standard InChI is InChI=1S/C22H32FN3O2/c1-17(2)20-15-25(22(28)16-26-11-4-3-6-21(26)27)13-5-12-24(20)14-18-7-9-19(23)10-8-18/h7-10,17,20H,3-6,11-16H2,1-2H3/t20-/m1/s1. The van der Waals surface area contributed by atoms with E-state index >= 15 is 0 Å². The number of hydrogen-bond acceptors (Lipinski definition) is 3. The lowest BCUT2D eigenvalue weighted by molar-refractivity contribution is -0.142. The average Bonchev–Trinajstić information content (AvgIpc) is 2.88. The van der Waals surface area contributed by atoms with E-state index in [2.05, 4.69) is 18.7 Å². The number of nitrogens with zero attached hydrogens (tertiary/aromatic N) is 3. The molecule has 1 aromatic rings. The molecule has 0 radical (unpaired) electrons. The Morgan fingerprint density at radius 1 is 1.11 bits per heavy atom. The monoisotopic (exact) mass is 389 g/mol. The van der Waals surface area contributed by atoms with Crippen LogP contribution in [0.4, 0.5) is 4.39 Å². The number of rotatable bonds is 5. The highest BCUT2D eigenvalue weighted by atomic mass is 19.1. The number of carbonyl (C=O) groups is 2. The van der Waals surface area contributed by atoms with Crippen molar-refractivity contribution < 1.29 is 14.0 Å². The first-order valence-electron chi connectivity index (χ1n) is 10.5. The smallest absolute Gasteiger partial charge is 0.242 e. The summed E-state index contributed by atoms with van der Waals surface area (Å²) in [7, 11) is 0. The third kappa shape index (κ3) is 5.31. The summed E-state index contributed by atoms with van der Waals surface area (Å²) < 4.78 is 13.2. The van der Waals surface area contributed by atoms with E-state index in [-0.39, 0.29) is 30.2 Å². The van der Waals surface area contributed by atoms with Crippen molar-refractivity contribution in [3.05, 3.63) is 35.6 Å². The molecule has 0 N–H and O–H groups in total. The lowest BCUT2D eigenvalue weighted by Gasteiger charge is -2.35. The molecular formula is C22H32FN3O2. The second-order valence-electron chi connectivity index (χ2n) is 8.37. The van der Waals surface area contributed by atoms with Crippen LogP contribution in [-0.4, -0.2) is 65.3 Å². The normalized spacial score (nSPS) is 21.9. The van der Waals surface area contributed by atoms with Crippen molar-refractivity contribution in [3.8, 4) is 0 Å². The van der Waals surface area contributed by atoms with Gasteiger partial charge in [-0.25, -0.2) is 4.39 Å². The van der Waals surface area contributed by atoms with Gasteiger partial charge in [0.1, 0.15) is 5.82 Å². The summed E-state index contributed by atoms with van der Waals surface area (Å²) in [4.78, 5) is 31.0. The summed E-state index contributed by atoms with van der Waals surface area (Å²) in [6.07, 6.45) is 3.39. The molecule has 2 fully saturated rings. The molecule has 0 bridgehead atoms. The van der Waals surface area contributed by atoms with Gasteiger partial charge in [0.2, 0.25) is 11.8 Å². The lowest BCUT2D eigenvalue weighted by Crippen LogP contribution is -2.49. The van der Waals surface area contributed by atoms with Crippen LogP contribution in [0.15, 0.2) is 24.3 Å². The van der Waals surface area contributed by atoms with E-state index in [9.17, 15) is 14.0 Å². The van der Waals surface area contributed by atoms with Crippen LogP contribution < -0.4 is 0 Å². The van der Waals surface area contributed by atoms with Crippen molar-refractivity contribution >= 4 is 11.8 Å². The first kappa shape index (κ1) is 20.8. The SMILES string of the molecule is CC(C)[C@H]1CN(C(=O)CN2CCCCC2=O)CCCN1Cc1ccc(F)cc1. The number of hydrogen-bond donors (Lipinski definition) is 0. The Labute approximate surface area is 167 Å². The van der Waals surface area contributed by atoms with E-state index in [1.54, 1.807) is 4.90 Å². The van der Waals surface area contributed by atoms with Gasteiger partial charge in [0, 0.05) is 45.2 Å². The number of amides is 2. The fourth-order valence-corrected chi connectivity index (χ4v) is 4.23. The number of benzene rings is 1. The molecule has 3 rings (SSSR count). The molecule has 2 aliphatic rings. The summed E-state index contributed by atoms with van der Waals surface area (Å²) in [6.45, 7) is 8.35. The Balaban J connectivity index is 1.65. The van der Waals surface area contributed by atoms with Crippen LogP contribution in [0.25, 0.3) is 0 Å². The summed E-state index contributed by atoms with van der Waals surface area (Å²) in [5.41, 5.74) is 1.09. The van der Waals surface area contributed by atoms with Crippen LogP contribution >= 0.6 is 0 Å². The van der Waals surface area contributed by atoms with Gasteiger partial charge in [-0.2, -0.15) is 0 Å². The Hall–Kier alpha value is -1.95. The topological polar surface area (TPSA) is 43.9 Å². The Kier molecular flexibility index (Phi) is 7.05. The van der Waals surface area contributed by atoms with Crippen LogP contribution in [0.5, 0.6) is 0 Å². The Bertz CT molecular complexity index is 677. The summed E-state index contributed by atoms with van der Waals surface area (Å²) in [5, 5.41) is 0. The van der Waals surface area contributed by atoms with Crippen molar-refractivity contribution in [2.75, 3.05) is 32.7 Å². The molecule has 154 valence electrons. The number of likely N-dealkylation sites (tertiary alicyclic amines) is 1. The van der Waals surface area contributed by atoms with Crippen molar-refractivity contribution in [3.63, 3.8) is 0 Å². The largest absolute Gasteiger partial charge is 0.340 e. The molecular weight excluding hydrogens is 357 g/mol. The lowest BCUT2D eigenvalue weighted by atomic mass is 10.0. The number of carbonyl (C=O) groups excluding carboxylic acids is 2. The Morgan fingerprint density at radius 3 is 2.54 bits per heavy atom. The molecule has 2 aliphatic heterocycles. The van der Waals surface area contributed by atoms with Gasteiger partial charge < -0.3 is 9.80 Å². The van der Waals surface area contributed by atoms with Crippen molar-refractivity contribution in [1.29, 1.82) is 0 Å². The van der Waals surface area contributed by atoms with Crippen LogP contribution in [0, 0.1) is 11.7 Å². The second kappa shape index (κ2) is 9.50. The third-order valence-corrected chi connectivity index (χ3v) is 5.92. The fourth-order valence-electron chi connectivity index (χ4n) is 4.23. The predicted molar refractivity (Wildman–Crippen MR) is 107 cm³/mol. The van der Waals surface area contributed by atoms with Gasteiger partial charge in [-0.3, -0.25) is 14.5 Å². The van der Waals surface area contributed by atoms with Crippen LogP contribution in [0.2, 0.25) is 0 Å². The molecule has 0 spiro atoms. The molecule has 2 heterocycles. The highest BCUT2D eigenvalue weighted by Crippen LogP contribution is 2.21. The van der Waals surface area contributed by atoms with Crippen molar-refractivity contribution in [2.24, 2.45) is 5.92 Å². The van der Waals surface area contributed by atoms with Crippen molar-refractivity contribution in [1.82, 2.24) is 14.7 Å². The molecule has 28 heavy (non-hydrogen) atoms. The molecule has 0 saturated carbocycles. The third-order valence-electron chi connectivity index (χ3n) is 5.92. The van der Waals surface area contributed by atoms with Gasteiger partial charge in [0.15, 0.2) is 0 Å². The number of piperidine rings is 1. The Morgan fingerprint density at radius 2 is 1.86 bits per heavy atom. The highest BCUT2D eigenvalue weighted by molar-refractivity contribution is 5.85. The van der Waals surface area contributed by atoms with Crippen LogP contribution in [0.3, 0.4) is 0 Å². The van der Waals surface area contributed by atoms with E-state index in [1.165, 1.54) is 12.1 Å². The van der Waals surface area contributed by atoms with Gasteiger partial charge in [0.25, 0.3) is 0 Å².